The molecule has 1 amide bonds. The zero-order valence-electron chi connectivity index (χ0n) is 17.5. The van der Waals surface area contributed by atoms with E-state index in [1.54, 1.807) is 0 Å². The number of hydrogen-bond acceptors (Lipinski definition) is 3. The highest BCUT2D eigenvalue weighted by Crippen LogP contribution is 2.29. The van der Waals surface area contributed by atoms with E-state index in [4.69, 9.17) is 0 Å². The minimum atomic E-state index is 0.192. The molecular weight excluding hydrogens is 370 g/mol. The van der Waals surface area contributed by atoms with E-state index in [0.29, 0.717) is 6.54 Å². The highest BCUT2D eigenvalue weighted by atomic mass is 16.2. The summed E-state index contributed by atoms with van der Waals surface area (Å²) in [4.78, 5) is 19.4. The summed E-state index contributed by atoms with van der Waals surface area (Å²) < 4.78 is 0. The van der Waals surface area contributed by atoms with Gasteiger partial charge in [0.25, 0.3) is 0 Å². The van der Waals surface area contributed by atoms with Crippen LogP contribution in [0.15, 0.2) is 91.0 Å². The summed E-state index contributed by atoms with van der Waals surface area (Å²) in [6.07, 6.45) is 0. The van der Waals surface area contributed by atoms with Crippen LogP contribution in [0.1, 0.15) is 17.2 Å². The standard InChI is InChI=1S/C26H29N3O/c1-27(24-15-9-4-10-16-24)21-25(30)28-17-19-29(20-18-28)26(22-11-5-2-6-12-22)23-13-7-3-8-14-23/h2-16,26H,17-21H2,1H3. The minimum Gasteiger partial charge on any atom is -0.365 e. The Morgan fingerprint density at radius 3 is 1.73 bits per heavy atom. The topological polar surface area (TPSA) is 26.8 Å². The molecule has 0 saturated carbocycles. The summed E-state index contributed by atoms with van der Waals surface area (Å²) in [5.41, 5.74) is 3.66. The number of piperazine rings is 1. The summed E-state index contributed by atoms with van der Waals surface area (Å²) in [6.45, 7) is 3.67. The lowest BCUT2D eigenvalue weighted by Gasteiger charge is -2.40. The van der Waals surface area contributed by atoms with Crippen LogP contribution < -0.4 is 4.90 Å². The number of amides is 1. The summed E-state index contributed by atoms with van der Waals surface area (Å²) in [5, 5.41) is 0. The molecule has 0 aliphatic carbocycles. The van der Waals surface area contributed by atoms with Crippen LogP contribution in [0.25, 0.3) is 0 Å². The fourth-order valence-electron chi connectivity index (χ4n) is 4.19. The Bertz CT molecular complexity index is 883. The molecule has 0 N–H and O–H groups in total. The van der Waals surface area contributed by atoms with Crippen molar-refractivity contribution in [3.05, 3.63) is 102 Å². The highest BCUT2D eigenvalue weighted by molar-refractivity contribution is 5.81. The van der Waals surface area contributed by atoms with Gasteiger partial charge < -0.3 is 9.80 Å². The van der Waals surface area contributed by atoms with E-state index < -0.39 is 0 Å². The van der Waals surface area contributed by atoms with Crippen LogP contribution in [0.4, 0.5) is 5.69 Å². The molecule has 30 heavy (non-hydrogen) atoms. The smallest absolute Gasteiger partial charge is 0.242 e. The van der Waals surface area contributed by atoms with Gasteiger partial charge in [-0.05, 0) is 23.3 Å². The van der Waals surface area contributed by atoms with Gasteiger partial charge in [-0.3, -0.25) is 9.69 Å². The molecular formula is C26H29N3O. The van der Waals surface area contributed by atoms with Gasteiger partial charge >= 0.3 is 0 Å². The van der Waals surface area contributed by atoms with Crippen LogP contribution in [0, 0.1) is 0 Å². The molecule has 0 bridgehead atoms. The Morgan fingerprint density at radius 1 is 0.767 bits per heavy atom. The molecule has 0 aromatic heterocycles. The minimum absolute atomic E-state index is 0.192. The SMILES string of the molecule is CN(CC(=O)N1CCN(C(c2ccccc2)c2ccccc2)CC1)c1ccccc1. The van der Waals surface area contributed by atoms with E-state index in [1.807, 2.05) is 47.2 Å². The summed E-state index contributed by atoms with van der Waals surface area (Å²) in [5.74, 6) is 0.192. The molecule has 4 rings (SSSR count). The first-order chi connectivity index (χ1) is 14.7. The van der Waals surface area contributed by atoms with E-state index >= 15 is 0 Å². The molecule has 0 unspecified atom stereocenters. The van der Waals surface area contributed by atoms with Gasteiger partial charge in [-0.15, -0.1) is 0 Å². The third-order valence-corrected chi connectivity index (χ3v) is 5.83. The molecule has 0 radical (unpaired) electrons. The van der Waals surface area contributed by atoms with Crippen LogP contribution in [0.2, 0.25) is 0 Å². The second kappa shape index (κ2) is 9.59. The zero-order chi connectivity index (χ0) is 20.8. The average molecular weight is 400 g/mol. The Labute approximate surface area is 179 Å². The van der Waals surface area contributed by atoms with Crippen molar-refractivity contribution in [3.8, 4) is 0 Å². The van der Waals surface area contributed by atoms with Gasteiger partial charge in [0, 0.05) is 38.9 Å². The Morgan fingerprint density at radius 2 is 1.23 bits per heavy atom. The first-order valence-corrected chi connectivity index (χ1v) is 10.6. The summed E-state index contributed by atoms with van der Waals surface area (Å²) in [6, 6.07) is 31.6. The second-order valence-electron chi connectivity index (χ2n) is 7.83. The van der Waals surface area contributed by atoms with E-state index in [1.165, 1.54) is 11.1 Å². The van der Waals surface area contributed by atoms with Crippen LogP contribution in [0.3, 0.4) is 0 Å². The van der Waals surface area contributed by atoms with Crippen molar-refractivity contribution in [1.29, 1.82) is 0 Å². The number of anilines is 1. The van der Waals surface area contributed by atoms with Gasteiger partial charge in [0.15, 0.2) is 0 Å². The maximum Gasteiger partial charge on any atom is 0.242 e. The zero-order valence-corrected chi connectivity index (χ0v) is 17.5. The fraction of sp³-hybridized carbons (Fsp3) is 0.269. The molecule has 1 saturated heterocycles. The van der Waals surface area contributed by atoms with Crippen molar-refractivity contribution in [2.24, 2.45) is 0 Å². The Kier molecular flexibility index (Phi) is 6.45. The molecule has 0 atom stereocenters. The van der Waals surface area contributed by atoms with Crippen molar-refractivity contribution in [1.82, 2.24) is 9.80 Å². The third-order valence-electron chi connectivity index (χ3n) is 5.83. The lowest BCUT2D eigenvalue weighted by atomic mass is 9.96. The van der Waals surface area contributed by atoms with Crippen LogP contribution in [-0.2, 0) is 4.79 Å². The largest absolute Gasteiger partial charge is 0.365 e. The Hall–Kier alpha value is -3.11. The van der Waals surface area contributed by atoms with Crippen molar-refractivity contribution in [2.45, 2.75) is 6.04 Å². The first kappa shape index (κ1) is 20.2. The Balaban J connectivity index is 1.41. The fourth-order valence-corrected chi connectivity index (χ4v) is 4.19. The molecule has 3 aromatic rings. The molecule has 4 heteroatoms. The van der Waals surface area contributed by atoms with Crippen molar-refractivity contribution in [3.63, 3.8) is 0 Å². The predicted molar refractivity (Wildman–Crippen MR) is 123 cm³/mol. The number of hydrogen-bond donors (Lipinski definition) is 0. The average Bonchev–Trinajstić information content (AvgIpc) is 2.81. The second-order valence-corrected chi connectivity index (χ2v) is 7.83. The van der Waals surface area contributed by atoms with Gasteiger partial charge in [0.05, 0.1) is 12.6 Å². The van der Waals surface area contributed by atoms with Gasteiger partial charge in [0.1, 0.15) is 0 Å². The van der Waals surface area contributed by atoms with Gasteiger partial charge in [-0.2, -0.15) is 0 Å². The highest BCUT2D eigenvalue weighted by Gasteiger charge is 2.28. The maximum absolute atomic E-state index is 12.9. The predicted octanol–water partition coefficient (Wildman–Crippen LogP) is 4.06. The third kappa shape index (κ3) is 4.71. The number of carbonyl (C=O) groups is 1. The molecule has 0 spiro atoms. The van der Waals surface area contributed by atoms with E-state index in [9.17, 15) is 4.79 Å². The first-order valence-electron chi connectivity index (χ1n) is 10.6. The van der Waals surface area contributed by atoms with Crippen LogP contribution >= 0.6 is 0 Å². The normalized spacial score (nSPS) is 14.7. The van der Waals surface area contributed by atoms with Crippen LogP contribution in [-0.4, -0.2) is 55.5 Å². The molecule has 4 nitrogen and oxygen atoms in total. The van der Waals surface area contributed by atoms with Gasteiger partial charge in [0.2, 0.25) is 5.91 Å². The molecule has 3 aromatic carbocycles. The molecule has 1 heterocycles. The monoisotopic (exact) mass is 399 g/mol. The summed E-state index contributed by atoms with van der Waals surface area (Å²) >= 11 is 0. The molecule has 1 aliphatic heterocycles. The van der Waals surface area contributed by atoms with Crippen molar-refractivity contribution >= 4 is 11.6 Å². The maximum atomic E-state index is 12.9. The quantitative estimate of drug-likeness (QED) is 0.626. The number of para-hydroxylation sites is 1. The summed E-state index contributed by atoms with van der Waals surface area (Å²) in [7, 11) is 1.98. The lowest BCUT2D eigenvalue weighted by molar-refractivity contribution is -0.131. The number of nitrogens with zero attached hydrogens (tertiary/aromatic N) is 3. The van der Waals surface area contributed by atoms with E-state index in [0.717, 1.165) is 31.9 Å². The van der Waals surface area contributed by atoms with Gasteiger partial charge in [-0.25, -0.2) is 0 Å². The van der Waals surface area contributed by atoms with Crippen molar-refractivity contribution < 1.29 is 4.79 Å². The van der Waals surface area contributed by atoms with Crippen molar-refractivity contribution in [2.75, 3.05) is 44.7 Å². The lowest BCUT2D eigenvalue weighted by Crippen LogP contribution is -2.51. The number of likely N-dealkylation sites (N-methyl/N-ethyl adjacent to an activating group) is 1. The van der Waals surface area contributed by atoms with E-state index in [2.05, 4.69) is 65.6 Å². The molecule has 1 aliphatic rings. The van der Waals surface area contributed by atoms with Crippen LogP contribution in [0.5, 0.6) is 0 Å². The van der Waals surface area contributed by atoms with Gasteiger partial charge in [-0.1, -0.05) is 78.9 Å². The van der Waals surface area contributed by atoms with E-state index in [-0.39, 0.29) is 11.9 Å². The molecule has 154 valence electrons. The molecule has 1 fully saturated rings. The number of benzene rings is 3. The number of rotatable bonds is 6. The number of carbonyl (C=O) groups excluding carboxylic acids is 1.